The molecule has 0 amide bonds. The summed E-state index contributed by atoms with van der Waals surface area (Å²) in [7, 11) is 0. The molecule has 1 N–H and O–H groups in total. The molecule has 2 aliphatic carbocycles. The van der Waals surface area contributed by atoms with Gasteiger partial charge in [0.2, 0.25) is 0 Å². The minimum Gasteiger partial charge on any atom is -0.375 e. The van der Waals surface area contributed by atoms with Crippen LogP contribution in [0.3, 0.4) is 0 Å². The first-order valence-electron chi connectivity index (χ1n) is 9.02. The number of morpholine rings is 1. The summed E-state index contributed by atoms with van der Waals surface area (Å²) >= 11 is 0. The Labute approximate surface area is 124 Å². The fourth-order valence-electron chi connectivity index (χ4n) is 4.35. The van der Waals surface area contributed by atoms with Gasteiger partial charge in [0, 0.05) is 18.6 Å². The van der Waals surface area contributed by atoms with Crippen LogP contribution in [0.15, 0.2) is 0 Å². The van der Waals surface area contributed by atoms with Gasteiger partial charge in [-0.3, -0.25) is 4.90 Å². The van der Waals surface area contributed by atoms with E-state index in [2.05, 4.69) is 10.2 Å². The maximum Gasteiger partial charge on any atom is 0.0730 e. The Hall–Kier alpha value is -0.120. The Balaban J connectivity index is 1.34. The molecule has 3 rings (SSSR count). The quantitative estimate of drug-likeness (QED) is 0.784. The van der Waals surface area contributed by atoms with E-state index < -0.39 is 0 Å². The lowest BCUT2D eigenvalue weighted by Gasteiger charge is -2.44. The molecule has 3 aliphatic rings. The lowest BCUT2D eigenvalue weighted by molar-refractivity contribution is -0.0881. The van der Waals surface area contributed by atoms with Gasteiger partial charge in [-0.05, 0) is 45.2 Å². The van der Waals surface area contributed by atoms with E-state index in [1.165, 1.54) is 77.3 Å². The molecule has 3 heteroatoms. The van der Waals surface area contributed by atoms with Gasteiger partial charge in [-0.1, -0.05) is 32.1 Å². The smallest absolute Gasteiger partial charge is 0.0730 e. The van der Waals surface area contributed by atoms with Crippen molar-refractivity contribution in [2.75, 3.05) is 26.2 Å². The number of hydrogen-bond donors (Lipinski definition) is 1. The predicted octanol–water partition coefficient (Wildman–Crippen LogP) is 2.94. The van der Waals surface area contributed by atoms with Gasteiger partial charge in [-0.25, -0.2) is 0 Å². The molecule has 0 aromatic rings. The third kappa shape index (κ3) is 3.96. The first-order valence-corrected chi connectivity index (χ1v) is 9.02. The lowest BCUT2D eigenvalue weighted by Crippen LogP contribution is -2.53. The van der Waals surface area contributed by atoms with Crippen LogP contribution in [-0.4, -0.2) is 49.3 Å². The summed E-state index contributed by atoms with van der Waals surface area (Å²) in [4.78, 5) is 2.72. The monoisotopic (exact) mass is 280 g/mol. The molecular weight excluding hydrogens is 248 g/mol. The number of ether oxygens (including phenoxy) is 1. The highest BCUT2D eigenvalue weighted by Gasteiger charge is 2.33. The van der Waals surface area contributed by atoms with Crippen LogP contribution in [0.5, 0.6) is 0 Å². The largest absolute Gasteiger partial charge is 0.375 e. The third-order valence-electron chi connectivity index (χ3n) is 5.51. The summed E-state index contributed by atoms with van der Waals surface area (Å²) in [6.45, 7) is 4.59. The molecule has 1 heterocycles. The van der Waals surface area contributed by atoms with Gasteiger partial charge < -0.3 is 10.1 Å². The molecule has 0 spiro atoms. The fraction of sp³-hybridized carbons (Fsp3) is 1.00. The van der Waals surface area contributed by atoms with Crippen LogP contribution in [0.2, 0.25) is 0 Å². The van der Waals surface area contributed by atoms with Crippen LogP contribution < -0.4 is 5.32 Å². The highest BCUT2D eigenvalue weighted by Crippen LogP contribution is 2.28. The molecule has 1 saturated heterocycles. The molecule has 2 unspecified atom stereocenters. The van der Waals surface area contributed by atoms with Crippen LogP contribution in [0.1, 0.15) is 64.2 Å². The molecule has 3 fully saturated rings. The van der Waals surface area contributed by atoms with Crippen molar-refractivity contribution in [1.29, 1.82) is 0 Å². The van der Waals surface area contributed by atoms with Crippen molar-refractivity contribution < 1.29 is 4.74 Å². The molecule has 2 saturated carbocycles. The van der Waals surface area contributed by atoms with E-state index in [0.717, 1.165) is 25.2 Å². The van der Waals surface area contributed by atoms with Gasteiger partial charge in [0.15, 0.2) is 0 Å². The number of fused-ring (bicyclic) bond motifs is 1. The second kappa shape index (κ2) is 7.77. The lowest BCUT2D eigenvalue weighted by atomic mass is 9.90. The summed E-state index contributed by atoms with van der Waals surface area (Å²) in [6.07, 6.45) is 14.4. The average molecular weight is 280 g/mol. The molecular formula is C17H32N2O. The normalized spacial score (nSPS) is 33.0. The maximum atomic E-state index is 5.96. The van der Waals surface area contributed by atoms with E-state index in [1.807, 2.05) is 0 Å². The number of nitrogens with zero attached hydrogens (tertiary/aromatic N) is 1. The van der Waals surface area contributed by atoms with Crippen LogP contribution in [-0.2, 0) is 4.74 Å². The van der Waals surface area contributed by atoms with E-state index in [1.54, 1.807) is 0 Å². The molecule has 2 atom stereocenters. The van der Waals surface area contributed by atoms with Crippen LogP contribution in [0.4, 0.5) is 0 Å². The van der Waals surface area contributed by atoms with Crippen molar-refractivity contribution in [2.24, 2.45) is 0 Å². The van der Waals surface area contributed by atoms with Crippen molar-refractivity contribution in [3.8, 4) is 0 Å². The van der Waals surface area contributed by atoms with Crippen molar-refractivity contribution >= 4 is 0 Å². The topological polar surface area (TPSA) is 24.5 Å². The number of rotatable bonds is 5. The van der Waals surface area contributed by atoms with E-state index >= 15 is 0 Å². The van der Waals surface area contributed by atoms with Crippen molar-refractivity contribution in [3.05, 3.63) is 0 Å². The third-order valence-corrected chi connectivity index (χ3v) is 5.51. The van der Waals surface area contributed by atoms with E-state index in [-0.39, 0.29) is 0 Å². The Bertz CT molecular complexity index is 276. The summed E-state index contributed by atoms with van der Waals surface area (Å²) < 4.78 is 5.96. The minimum absolute atomic E-state index is 0.545. The first kappa shape index (κ1) is 14.8. The van der Waals surface area contributed by atoms with Crippen LogP contribution >= 0.6 is 0 Å². The van der Waals surface area contributed by atoms with E-state index in [9.17, 15) is 0 Å². The zero-order valence-corrected chi connectivity index (χ0v) is 13.0. The summed E-state index contributed by atoms with van der Waals surface area (Å²) in [5, 5.41) is 3.78. The molecule has 1 aliphatic heterocycles. The summed E-state index contributed by atoms with van der Waals surface area (Å²) in [5.41, 5.74) is 0. The van der Waals surface area contributed by atoms with Crippen molar-refractivity contribution in [1.82, 2.24) is 10.2 Å². The summed E-state index contributed by atoms with van der Waals surface area (Å²) in [6, 6.07) is 1.54. The molecule has 0 radical (unpaired) electrons. The molecule has 0 aromatic heterocycles. The minimum atomic E-state index is 0.545. The van der Waals surface area contributed by atoms with Gasteiger partial charge in [0.25, 0.3) is 0 Å². The van der Waals surface area contributed by atoms with Gasteiger partial charge in [0.1, 0.15) is 0 Å². The highest BCUT2D eigenvalue weighted by molar-refractivity contribution is 4.87. The van der Waals surface area contributed by atoms with Crippen LogP contribution in [0.25, 0.3) is 0 Å². The first-order chi connectivity index (χ1) is 9.93. The number of hydrogen-bond acceptors (Lipinski definition) is 3. The Morgan fingerprint density at radius 2 is 1.75 bits per heavy atom. The van der Waals surface area contributed by atoms with Gasteiger partial charge in [-0.15, -0.1) is 0 Å². The van der Waals surface area contributed by atoms with Gasteiger partial charge in [-0.2, -0.15) is 0 Å². The standard InChI is InChI=1S/C17H32N2O/c1-2-7-15(8-3-1)18-11-6-12-19-13-14-20-17-10-5-4-9-16(17)19/h15-18H,1-14H2. The van der Waals surface area contributed by atoms with Gasteiger partial charge >= 0.3 is 0 Å². The van der Waals surface area contributed by atoms with Gasteiger partial charge in [0.05, 0.1) is 12.7 Å². The maximum absolute atomic E-state index is 5.96. The van der Waals surface area contributed by atoms with E-state index in [0.29, 0.717) is 6.10 Å². The Kier molecular flexibility index (Phi) is 5.75. The zero-order valence-electron chi connectivity index (χ0n) is 13.0. The average Bonchev–Trinajstić information content (AvgIpc) is 2.53. The second-order valence-electron chi connectivity index (χ2n) is 6.94. The molecule has 0 aromatic carbocycles. The zero-order chi connectivity index (χ0) is 13.6. The Morgan fingerprint density at radius 3 is 2.65 bits per heavy atom. The SMILES string of the molecule is C1CCC(NCCCN2CCOC3CCCCC32)CC1. The fourth-order valence-corrected chi connectivity index (χ4v) is 4.35. The van der Waals surface area contributed by atoms with Crippen LogP contribution in [0, 0.1) is 0 Å². The predicted molar refractivity (Wildman–Crippen MR) is 83.1 cm³/mol. The summed E-state index contributed by atoms with van der Waals surface area (Å²) in [5.74, 6) is 0. The van der Waals surface area contributed by atoms with Crippen molar-refractivity contribution in [3.63, 3.8) is 0 Å². The highest BCUT2D eigenvalue weighted by atomic mass is 16.5. The molecule has 20 heavy (non-hydrogen) atoms. The number of nitrogens with one attached hydrogen (secondary N) is 1. The van der Waals surface area contributed by atoms with E-state index in [4.69, 9.17) is 4.74 Å². The molecule has 3 nitrogen and oxygen atoms in total. The Morgan fingerprint density at radius 1 is 0.950 bits per heavy atom. The van der Waals surface area contributed by atoms with Crippen molar-refractivity contribution in [2.45, 2.75) is 82.4 Å². The molecule has 0 bridgehead atoms. The second-order valence-corrected chi connectivity index (χ2v) is 6.94. The molecule has 116 valence electrons.